The van der Waals surface area contributed by atoms with Gasteiger partial charge in [-0.2, -0.15) is 0 Å². The molecule has 8 atom stereocenters. The predicted octanol–water partition coefficient (Wildman–Crippen LogP) is 7.06. The molecular weight excluding hydrogens is 392 g/mol. The van der Waals surface area contributed by atoms with Crippen LogP contribution >= 0.6 is 0 Å². The largest absolute Gasteiger partial charge is 0.393 e. The van der Waals surface area contributed by atoms with Crippen LogP contribution < -0.4 is 0 Å². The van der Waals surface area contributed by atoms with Crippen molar-refractivity contribution in [3.63, 3.8) is 0 Å². The second kappa shape index (κ2) is 6.97. The predicted molar refractivity (Wildman–Crippen MR) is 132 cm³/mol. The molecule has 180 valence electrons. The minimum absolute atomic E-state index is 0.00822. The van der Waals surface area contributed by atoms with Gasteiger partial charge in [-0.25, -0.2) is 0 Å². The third-order valence-corrected chi connectivity index (χ3v) is 12.3. The van der Waals surface area contributed by atoms with Crippen LogP contribution in [0, 0.1) is 44.8 Å². The molecular formula is C30H48O2. The van der Waals surface area contributed by atoms with Crippen LogP contribution in [0.1, 0.15) is 106 Å². The lowest BCUT2D eigenvalue weighted by Gasteiger charge is -2.63. The maximum Gasteiger partial charge on any atom is 0.0594 e. The molecule has 2 nitrogen and oxygen atoms in total. The number of aliphatic hydroxyl groups is 2. The van der Waals surface area contributed by atoms with Crippen molar-refractivity contribution in [1.29, 1.82) is 0 Å². The molecule has 32 heavy (non-hydrogen) atoms. The Balaban J connectivity index is 1.56. The van der Waals surface area contributed by atoms with Crippen LogP contribution in [-0.4, -0.2) is 22.4 Å². The van der Waals surface area contributed by atoms with Crippen LogP contribution in [0.2, 0.25) is 0 Å². The van der Waals surface area contributed by atoms with Gasteiger partial charge >= 0.3 is 0 Å². The van der Waals surface area contributed by atoms with Crippen molar-refractivity contribution >= 4 is 0 Å². The summed E-state index contributed by atoms with van der Waals surface area (Å²) in [6.07, 6.45) is 15.3. The van der Waals surface area contributed by atoms with E-state index in [0.29, 0.717) is 23.2 Å². The van der Waals surface area contributed by atoms with Gasteiger partial charge in [-0.3, -0.25) is 0 Å². The lowest BCUT2D eigenvalue weighted by molar-refractivity contribution is -0.160. The summed E-state index contributed by atoms with van der Waals surface area (Å²) in [4.78, 5) is 0. The summed E-state index contributed by atoms with van der Waals surface area (Å²) in [5, 5.41) is 21.7. The van der Waals surface area contributed by atoms with Gasteiger partial charge < -0.3 is 10.2 Å². The van der Waals surface area contributed by atoms with E-state index < -0.39 is 0 Å². The fourth-order valence-electron chi connectivity index (χ4n) is 10.3. The van der Waals surface area contributed by atoms with Gasteiger partial charge in [-0.15, -0.1) is 0 Å². The van der Waals surface area contributed by atoms with Crippen LogP contribution in [0.4, 0.5) is 0 Å². The molecule has 4 saturated carbocycles. The molecule has 2 N–H and O–H groups in total. The number of hydrogen-bond acceptors (Lipinski definition) is 2. The van der Waals surface area contributed by atoms with Crippen molar-refractivity contribution in [1.82, 2.24) is 0 Å². The van der Waals surface area contributed by atoms with Gasteiger partial charge in [0.05, 0.1) is 12.2 Å². The summed E-state index contributed by atoms with van der Waals surface area (Å²) < 4.78 is 0. The molecule has 0 radical (unpaired) electrons. The first kappa shape index (κ1) is 23.2. The van der Waals surface area contributed by atoms with Crippen molar-refractivity contribution < 1.29 is 10.2 Å². The molecule has 0 unspecified atom stereocenters. The van der Waals surface area contributed by atoms with E-state index in [1.54, 1.807) is 11.1 Å². The van der Waals surface area contributed by atoms with Gasteiger partial charge in [-0.1, -0.05) is 60.6 Å². The minimum atomic E-state index is -0.173. The summed E-state index contributed by atoms with van der Waals surface area (Å²) >= 11 is 0. The molecule has 0 aromatic carbocycles. The molecule has 4 fully saturated rings. The monoisotopic (exact) mass is 440 g/mol. The second-order valence-corrected chi connectivity index (χ2v) is 14.4. The first-order chi connectivity index (χ1) is 14.8. The molecule has 0 heterocycles. The first-order valence-corrected chi connectivity index (χ1v) is 13.6. The van der Waals surface area contributed by atoms with Gasteiger partial charge in [0, 0.05) is 0 Å². The smallest absolute Gasteiger partial charge is 0.0594 e. The normalized spacial score (nSPS) is 51.7. The van der Waals surface area contributed by atoms with Crippen molar-refractivity contribution in [2.24, 2.45) is 44.8 Å². The van der Waals surface area contributed by atoms with Crippen LogP contribution in [0.3, 0.4) is 0 Å². The Labute approximate surface area is 197 Å². The fourth-order valence-corrected chi connectivity index (χ4v) is 10.3. The van der Waals surface area contributed by atoms with E-state index in [0.717, 1.165) is 25.7 Å². The van der Waals surface area contributed by atoms with E-state index >= 15 is 0 Å². The summed E-state index contributed by atoms with van der Waals surface area (Å²) in [5.74, 6) is 1.80. The number of aliphatic hydroxyl groups excluding tert-OH is 2. The molecule has 0 saturated heterocycles. The topological polar surface area (TPSA) is 40.5 Å². The Morgan fingerprint density at radius 2 is 1.34 bits per heavy atom. The molecule has 5 aliphatic rings. The fraction of sp³-hybridized carbons (Fsp3) is 0.867. The quantitative estimate of drug-likeness (QED) is 0.423. The van der Waals surface area contributed by atoms with E-state index in [2.05, 4.69) is 60.6 Å². The van der Waals surface area contributed by atoms with Crippen molar-refractivity contribution in [2.75, 3.05) is 0 Å². The summed E-state index contributed by atoms with van der Waals surface area (Å²) in [6.45, 7) is 16.9. The number of allylic oxidation sites excluding steroid dienone is 4. The highest BCUT2D eigenvalue weighted by atomic mass is 16.3. The lowest BCUT2D eigenvalue weighted by atomic mass is 9.42. The van der Waals surface area contributed by atoms with Gasteiger partial charge in [0.25, 0.3) is 0 Å². The van der Waals surface area contributed by atoms with E-state index in [9.17, 15) is 10.2 Å². The zero-order chi connectivity index (χ0) is 23.3. The van der Waals surface area contributed by atoms with E-state index in [1.165, 1.54) is 32.1 Å². The number of fused-ring (bicyclic) bond motifs is 6. The van der Waals surface area contributed by atoms with E-state index in [1.807, 2.05) is 0 Å². The standard InChI is InChI=1S/C30H48O2/c1-26(2)21-10-8-19-18-28(5)15-12-22-27(3,4)25(32)14-17-30(22,7)23(28)11-9-20(19)29(21,6)16-13-24(26)31/h9,18,21-25,31-32H,8,10-17H2,1-7H3/t21-,22-,23-,24-,25-,28-,29+,30-/m0/s1. The molecule has 2 heteroatoms. The molecule has 0 aromatic rings. The zero-order valence-electron chi connectivity index (χ0n) is 21.8. The Morgan fingerprint density at radius 3 is 2.03 bits per heavy atom. The maximum atomic E-state index is 10.9. The van der Waals surface area contributed by atoms with Crippen LogP contribution in [0.15, 0.2) is 23.3 Å². The Kier molecular flexibility index (Phi) is 5.04. The third-order valence-electron chi connectivity index (χ3n) is 12.3. The molecule has 0 amide bonds. The van der Waals surface area contributed by atoms with Gasteiger partial charge in [0.2, 0.25) is 0 Å². The first-order valence-electron chi connectivity index (χ1n) is 13.6. The molecule has 5 rings (SSSR count). The SMILES string of the molecule is CC1(C)[C@@H](O)CC[C@]2(C)[C@H]3CC=C4C(=C[C@]3(C)CC[C@@H]12)CC[C@H]1C(C)(C)[C@@H](O)CC[C@]41C. The van der Waals surface area contributed by atoms with Crippen LogP contribution in [0.5, 0.6) is 0 Å². The number of rotatable bonds is 0. The molecule has 0 aliphatic heterocycles. The Morgan fingerprint density at radius 1 is 0.719 bits per heavy atom. The van der Waals surface area contributed by atoms with E-state index in [-0.39, 0.29) is 33.9 Å². The van der Waals surface area contributed by atoms with Crippen LogP contribution in [0.25, 0.3) is 0 Å². The van der Waals surface area contributed by atoms with Crippen molar-refractivity contribution in [2.45, 2.75) is 118 Å². The summed E-state index contributed by atoms with van der Waals surface area (Å²) in [5.41, 5.74) is 4.01. The van der Waals surface area contributed by atoms with Gasteiger partial charge in [-0.05, 0) is 114 Å². The van der Waals surface area contributed by atoms with Gasteiger partial charge in [0.15, 0.2) is 0 Å². The number of hydrogen-bond donors (Lipinski definition) is 2. The maximum absolute atomic E-state index is 10.9. The highest BCUT2D eigenvalue weighted by Crippen LogP contribution is 2.68. The Hall–Kier alpha value is -0.600. The summed E-state index contributed by atoms with van der Waals surface area (Å²) in [7, 11) is 0. The zero-order valence-corrected chi connectivity index (χ0v) is 21.8. The molecule has 0 aromatic heterocycles. The van der Waals surface area contributed by atoms with E-state index in [4.69, 9.17) is 0 Å². The minimum Gasteiger partial charge on any atom is -0.393 e. The van der Waals surface area contributed by atoms with Crippen molar-refractivity contribution in [3.05, 3.63) is 23.3 Å². The molecule has 0 bridgehead atoms. The Bertz CT molecular complexity index is 849. The van der Waals surface area contributed by atoms with Gasteiger partial charge in [0.1, 0.15) is 0 Å². The lowest BCUT2D eigenvalue weighted by Crippen LogP contribution is -2.58. The highest BCUT2D eigenvalue weighted by molar-refractivity contribution is 5.44. The van der Waals surface area contributed by atoms with Crippen LogP contribution in [-0.2, 0) is 0 Å². The second-order valence-electron chi connectivity index (χ2n) is 14.4. The highest BCUT2D eigenvalue weighted by Gasteiger charge is 2.61. The van der Waals surface area contributed by atoms with Crippen molar-refractivity contribution in [3.8, 4) is 0 Å². The average Bonchev–Trinajstić information content (AvgIpc) is 2.86. The third kappa shape index (κ3) is 2.90. The average molecular weight is 441 g/mol. The molecule has 0 spiro atoms. The summed E-state index contributed by atoms with van der Waals surface area (Å²) in [6, 6.07) is 0. The molecule has 5 aliphatic carbocycles.